The first-order valence-electron chi connectivity index (χ1n) is 4.94. The molecule has 1 amide bonds. The lowest BCUT2D eigenvalue weighted by Crippen LogP contribution is -2.42. The van der Waals surface area contributed by atoms with E-state index in [2.05, 4.69) is 4.90 Å². The van der Waals surface area contributed by atoms with Crippen LogP contribution in [0, 0.1) is 5.92 Å². The molecule has 74 valence electrons. The normalized spacial score (nSPS) is 36.5. The molecule has 2 aliphatic heterocycles. The quantitative estimate of drug-likeness (QED) is 0.459. The van der Waals surface area contributed by atoms with Gasteiger partial charge in [0.25, 0.3) is 0 Å². The van der Waals surface area contributed by atoms with Gasteiger partial charge in [0.15, 0.2) is 0 Å². The molecule has 2 saturated heterocycles. The van der Waals surface area contributed by atoms with Crippen molar-refractivity contribution in [3.05, 3.63) is 0 Å². The van der Waals surface area contributed by atoms with Crippen molar-refractivity contribution in [2.45, 2.75) is 19.4 Å². The van der Waals surface area contributed by atoms with E-state index in [4.69, 9.17) is 4.84 Å². The largest absolute Gasteiger partial charge is 0.301 e. The third-order valence-corrected chi connectivity index (χ3v) is 3.01. The summed E-state index contributed by atoms with van der Waals surface area (Å²) in [6.45, 7) is 5.80. The van der Waals surface area contributed by atoms with E-state index in [1.165, 1.54) is 18.0 Å². The van der Waals surface area contributed by atoms with Crippen LogP contribution in [0.1, 0.15) is 13.3 Å². The fraction of sp³-hybridized carbons (Fsp3) is 0.889. The van der Waals surface area contributed by atoms with Gasteiger partial charge in [-0.2, -0.15) is 0 Å². The number of nitrogens with zero attached hydrogens (tertiary/aromatic N) is 2. The first kappa shape index (κ1) is 8.97. The Hall–Kier alpha value is -0.610. The Balaban J connectivity index is 1.95. The van der Waals surface area contributed by atoms with Gasteiger partial charge in [-0.05, 0) is 25.8 Å². The summed E-state index contributed by atoms with van der Waals surface area (Å²) in [5, 5.41) is 1.50. The number of carbonyl (C=O) groups is 1. The van der Waals surface area contributed by atoms with Crippen molar-refractivity contribution in [1.29, 1.82) is 0 Å². The minimum Gasteiger partial charge on any atom is -0.301 e. The summed E-state index contributed by atoms with van der Waals surface area (Å²) in [5.74, 6) is 0.636. The van der Waals surface area contributed by atoms with Crippen LogP contribution in [0.15, 0.2) is 0 Å². The minimum atomic E-state index is 0.297. The van der Waals surface area contributed by atoms with Crippen molar-refractivity contribution in [2.75, 3.05) is 26.2 Å². The van der Waals surface area contributed by atoms with E-state index in [9.17, 15) is 4.79 Å². The molecule has 0 radical (unpaired) electrons. The second-order valence-electron chi connectivity index (χ2n) is 3.76. The Kier molecular flexibility index (Phi) is 2.51. The van der Waals surface area contributed by atoms with E-state index < -0.39 is 0 Å². The van der Waals surface area contributed by atoms with Crippen LogP contribution in [0.4, 0.5) is 0 Å². The molecular weight excluding hydrogens is 168 g/mol. The molecule has 2 rings (SSSR count). The number of piperidine rings is 1. The molecule has 13 heavy (non-hydrogen) atoms. The Labute approximate surface area is 78.4 Å². The molecule has 0 aliphatic carbocycles. The van der Waals surface area contributed by atoms with E-state index in [1.54, 1.807) is 0 Å². The number of hydrogen-bond donors (Lipinski definition) is 0. The van der Waals surface area contributed by atoms with Gasteiger partial charge in [-0.1, -0.05) is 0 Å². The highest BCUT2D eigenvalue weighted by atomic mass is 16.7. The molecule has 3 atom stereocenters. The predicted octanol–water partition coefficient (Wildman–Crippen LogP) is 0.100. The molecular formula is C9H16N2O2. The van der Waals surface area contributed by atoms with Crippen molar-refractivity contribution < 1.29 is 9.63 Å². The zero-order chi connectivity index (χ0) is 9.26. The Bertz CT molecular complexity index is 198. The number of carbonyl (C=O) groups excluding carboxylic acids is 1. The topological polar surface area (TPSA) is 32.8 Å². The molecule has 2 fully saturated rings. The molecule has 0 aromatic rings. The summed E-state index contributed by atoms with van der Waals surface area (Å²) in [7, 11) is 0. The van der Waals surface area contributed by atoms with Crippen molar-refractivity contribution in [3.8, 4) is 0 Å². The predicted molar refractivity (Wildman–Crippen MR) is 47.9 cm³/mol. The van der Waals surface area contributed by atoms with Crippen LogP contribution in [0.25, 0.3) is 0 Å². The second kappa shape index (κ2) is 3.64. The summed E-state index contributed by atoms with van der Waals surface area (Å²) in [4.78, 5) is 18.4. The number of hydroxylamine groups is 2. The number of rotatable bonds is 4. The molecule has 4 heteroatoms. The maximum Gasteiger partial charge on any atom is 0.233 e. The lowest BCUT2D eigenvalue weighted by atomic mass is 10.0. The average molecular weight is 184 g/mol. The van der Waals surface area contributed by atoms with Gasteiger partial charge >= 0.3 is 0 Å². The van der Waals surface area contributed by atoms with E-state index in [0.29, 0.717) is 18.6 Å². The van der Waals surface area contributed by atoms with Crippen molar-refractivity contribution in [3.63, 3.8) is 0 Å². The van der Waals surface area contributed by atoms with Gasteiger partial charge in [0.1, 0.15) is 0 Å². The van der Waals surface area contributed by atoms with Gasteiger partial charge in [-0.25, -0.2) is 5.06 Å². The molecule has 0 N–H and O–H groups in total. The van der Waals surface area contributed by atoms with Gasteiger partial charge in [-0.3, -0.25) is 9.63 Å². The van der Waals surface area contributed by atoms with Crippen LogP contribution in [0.3, 0.4) is 0 Å². The van der Waals surface area contributed by atoms with Crippen LogP contribution in [-0.2, 0) is 9.63 Å². The van der Waals surface area contributed by atoms with Gasteiger partial charge in [0.2, 0.25) is 6.41 Å². The van der Waals surface area contributed by atoms with Crippen LogP contribution >= 0.6 is 0 Å². The van der Waals surface area contributed by atoms with Gasteiger partial charge in [0, 0.05) is 13.1 Å². The van der Waals surface area contributed by atoms with Crippen LogP contribution in [0.5, 0.6) is 0 Å². The summed E-state index contributed by atoms with van der Waals surface area (Å²) in [5.41, 5.74) is 0. The zero-order valence-electron chi connectivity index (χ0n) is 7.98. The third kappa shape index (κ3) is 1.56. The van der Waals surface area contributed by atoms with E-state index >= 15 is 0 Å². The standard InChI is InChI=1S/C9H16N2O2/c1-2-13-11(7-12)9-6-10-4-3-8(9)5-10/h7-9H,2-6H2,1H3. The van der Waals surface area contributed by atoms with Crippen molar-refractivity contribution in [2.24, 2.45) is 5.92 Å². The summed E-state index contributed by atoms with van der Waals surface area (Å²) < 4.78 is 0. The van der Waals surface area contributed by atoms with E-state index in [0.717, 1.165) is 19.5 Å². The highest BCUT2D eigenvalue weighted by Gasteiger charge is 2.41. The first-order chi connectivity index (χ1) is 6.35. The second-order valence-corrected chi connectivity index (χ2v) is 3.76. The van der Waals surface area contributed by atoms with Gasteiger partial charge < -0.3 is 4.90 Å². The summed E-state index contributed by atoms with van der Waals surface area (Å²) in [6.07, 6.45) is 2.03. The molecule has 2 bridgehead atoms. The Morgan fingerprint density at radius 3 is 2.92 bits per heavy atom. The molecule has 0 spiro atoms. The van der Waals surface area contributed by atoms with Crippen LogP contribution in [0.2, 0.25) is 0 Å². The van der Waals surface area contributed by atoms with Gasteiger partial charge in [0.05, 0.1) is 12.6 Å². The molecule has 0 aromatic heterocycles. The summed E-state index contributed by atoms with van der Waals surface area (Å²) >= 11 is 0. The van der Waals surface area contributed by atoms with Crippen LogP contribution in [-0.4, -0.2) is 48.7 Å². The Morgan fingerprint density at radius 2 is 2.46 bits per heavy atom. The van der Waals surface area contributed by atoms with E-state index in [-0.39, 0.29) is 0 Å². The SMILES string of the molecule is CCON(C=O)C1CN2CCC1C2. The highest BCUT2D eigenvalue weighted by molar-refractivity contribution is 5.46. The number of hydrogen-bond acceptors (Lipinski definition) is 3. The third-order valence-electron chi connectivity index (χ3n) is 3.01. The lowest BCUT2D eigenvalue weighted by molar-refractivity contribution is -0.188. The Morgan fingerprint density at radius 1 is 1.62 bits per heavy atom. The maximum atomic E-state index is 10.7. The van der Waals surface area contributed by atoms with Crippen LogP contribution < -0.4 is 0 Å². The molecule has 0 aromatic carbocycles. The molecule has 2 heterocycles. The molecule has 2 aliphatic rings. The average Bonchev–Trinajstić information content (AvgIpc) is 2.74. The lowest BCUT2D eigenvalue weighted by Gasteiger charge is -2.29. The zero-order valence-corrected chi connectivity index (χ0v) is 7.98. The fourth-order valence-corrected chi connectivity index (χ4v) is 2.40. The van der Waals surface area contributed by atoms with Crippen molar-refractivity contribution in [1.82, 2.24) is 9.96 Å². The maximum absolute atomic E-state index is 10.7. The summed E-state index contributed by atoms with van der Waals surface area (Å²) in [6, 6.07) is 0.297. The molecule has 0 saturated carbocycles. The molecule has 3 unspecified atom stereocenters. The van der Waals surface area contributed by atoms with Gasteiger partial charge in [-0.15, -0.1) is 0 Å². The minimum absolute atomic E-state index is 0.297. The number of fused-ring (bicyclic) bond motifs is 2. The highest BCUT2D eigenvalue weighted by Crippen LogP contribution is 2.30. The van der Waals surface area contributed by atoms with E-state index in [1.807, 2.05) is 6.92 Å². The number of amides is 1. The van der Waals surface area contributed by atoms with Crippen molar-refractivity contribution >= 4 is 6.41 Å². The smallest absolute Gasteiger partial charge is 0.233 e. The fourth-order valence-electron chi connectivity index (χ4n) is 2.40. The monoisotopic (exact) mass is 184 g/mol. The first-order valence-corrected chi connectivity index (χ1v) is 4.94. The molecule has 4 nitrogen and oxygen atoms in total.